The molecule has 0 fully saturated rings. The predicted octanol–water partition coefficient (Wildman–Crippen LogP) is 4.01. The number of nitrogens with two attached hydrogens (primary N) is 1. The largest absolute Gasteiger partial charge is 0.330 e. The van der Waals surface area contributed by atoms with Gasteiger partial charge in [0, 0.05) is 5.02 Å². The summed E-state index contributed by atoms with van der Waals surface area (Å²) >= 11 is 6.02. The van der Waals surface area contributed by atoms with E-state index in [2.05, 4.69) is 37.3 Å². The van der Waals surface area contributed by atoms with Crippen LogP contribution in [0.1, 0.15) is 16.7 Å². The molecule has 0 bridgehead atoms. The smallest absolute Gasteiger partial charge is 0.0408 e. The van der Waals surface area contributed by atoms with Gasteiger partial charge in [0.05, 0.1) is 0 Å². The van der Waals surface area contributed by atoms with Crippen molar-refractivity contribution in [3.8, 4) is 0 Å². The van der Waals surface area contributed by atoms with Gasteiger partial charge in [-0.05, 0) is 55.5 Å². The minimum Gasteiger partial charge on any atom is -0.330 e. The molecule has 2 N–H and O–H groups in total. The van der Waals surface area contributed by atoms with E-state index in [-0.39, 0.29) is 0 Å². The molecule has 1 nitrogen and oxygen atoms in total. The molecule has 0 aliphatic rings. The molecule has 0 heterocycles. The fourth-order valence-electron chi connectivity index (χ4n) is 2.29. The fourth-order valence-corrected chi connectivity index (χ4v) is 2.51. The third-order valence-corrected chi connectivity index (χ3v) is 3.63. The molecule has 0 aliphatic carbocycles. The molecule has 2 aromatic rings. The minimum absolute atomic E-state index is 0.459. The van der Waals surface area contributed by atoms with Crippen LogP contribution < -0.4 is 5.73 Å². The highest BCUT2D eigenvalue weighted by molar-refractivity contribution is 6.30. The quantitative estimate of drug-likeness (QED) is 0.875. The molecule has 0 aliphatic heterocycles. The summed E-state index contributed by atoms with van der Waals surface area (Å²) in [4.78, 5) is 0. The second kappa shape index (κ2) is 6.74. The van der Waals surface area contributed by atoms with Crippen molar-refractivity contribution >= 4 is 11.6 Å². The standard InChI is InChI=1S/C17H20ClN/c1-13-5-7-14(8-6-13)9-16(12-19)10-15-3-2-4-17(18)11-15/h2-8,11,16H,9-10,12,19H2,1H3. The van der Waals surface area contributed by atoms with Crippen LogP contribution in [0.4, 0.5) is 0 Å². The average molecular weight is 274 g/mol. The predicted molar refractivity (Wildman–Crippen MR) is 82.6 cm³/mol. The zero-order valence-corrected chi connectivity index (χ0v) is 12.0. The van der Waals surface area contributed by atoms with Gasteiger partial charge in [-0.3, -0.25) is 0 Å². The molecule has 0 aromatic heterocycles. The normalized spacial score (nSPS) is 12.4. The van der Waals surface area contributed by atoms with Crippen molar-refractivity contribution in [1.82, 2.24) is 0 Å². The number of aryl methyl sites for hydroxylation is 1. The zero-order chi connectivity index (χ0) is 13.7. The van der Waals surface area contributed by atoms with Gasteiger partial charge in [-0.15, -0.1) is 0 Å². The Kier molecular flexibility index (Phi) is 5.00. The second-order valence-corrected chi connectivity index (χ2v) is 5.56. The number of hydrogen-bond acceptors (Lipinski definition) is 1. The van der Waals surface area contributed by atoms with Crippen LogP contribution in [0.5, 0.6) is 0 Å². The van der Waals surface area contributed by atoms with Gasteiger partial charge in [-0.1, -0.05) is 53.6 Å². The fraction of sp³-hybridized carbons (Fsp3) is 0.294. The first-order valence-corrected chi connectivity index (χ1v) is 7.05. The summed E-state index contributed by atoms with van der Waals surface area (Å²) in [6.07, 6.45) is 1.99. The van der Waals surface area contributed by atoms with Crippen molar-refractivity contribution in [2.75, 3.05) is 6.54 Å². The lowest BCUT2D eigenvalue weighted by atomic mass is 9.92. The molecule has 2 aromatic carbocycles. The average Bonchev–Trinajstić information content (AvgIpc) is 2.40. The summed E-state index contributed by atoms with van der Waals surface area (Å²) in [5.74, 6) is 0.459. The molecule has 0 radical (unpaired) electrons. The molecule has 19 heavy (non-hydrogen) atoms. The molecule has 1 atom stereocenters. The van der Waals surface area contributed by atoms with Crippen molar-refractivity contribution in [2.45, 2.75) is 19.8 Å². The molecule has 1 unspecified atom stereocenters. The number of hydrogen-bond donors (Lipinski definition) is 1. The second-order valence-electron chi connectivity index (χ2n) is 5.13. The highest BCUT2D eigenvalue weighted by Gasteiger charge is 2.09. The van der Waals surface area contributed by atoms with Crippen LogP contribution in [0.25, 0.3) is 0 Å². The van der Waals surface area contributed by atoms with Gasteiger partial charge in [-0.2, -0.15) is 0 Å². The summed E-state index contributed by atoms with van der Waals surface area (Å²) in [7, 11) is 0. The molecule has 2 rings (SSSR count). The van der Waals surface area contributed by atoms with E-state index in [9.17, 15) is 0 Å². The molecule has 0 spiro atoms. The van der Waals surface area contributed by atoms with Crippen molar-refractivity contribution < 1.29 is 0 Å². The van der Waals surface area contributed by atoms with Crippen molar-refractivity contribution in [3.05, 3.63) is 70.2 Å². The van der Waals surface area contributed by atoms with Gasteiger partial charge < -0.3 is 5.73 Å². The molecule has 100 valence electrons. The third-order valence-electron chi connectivity index (χ3n) is 3.39. The summed E-state index contributed by atoms with van der Waals surface area (Å²) in [5.41, 5.74) is 9.81. The summed E-state index contributed by atoms with van der Waals surface area (Å²) < 4.78 is 0. The first-order valence-electron chi connectivity index (χ1n) is 6.67. The molecule has 2 heteroatoms. The number of benzene rings is 2. The Labute approximate surface area is 120 Å². The Bertz CT molecular complexity index is 519. The van der Waals surface area contributed by atoms with Crippen molar-refractivity contribution in [1.29, 1.82) is 0 Å². The summed E-state index contributed by atoms with van der Waals surface area (Å²) in [5, 5.41) is 0.795. The molecule has 0 amide bonds. The van der Waals surface area contributed by atoms with E-state index >= 15 is 0 Å². The van der Waals surface area contributed by atoms with E-state index < -0.39 is 0 Å². The van der Waals surface area contributed by atoms with E-state index in [1.807, 2.05) is 18.2 Å². The molecule has 0 saturated carbocycles. The maximum Gasteiger partial charge on any atom is 0.0408 e. The van der Waals surface area contributed by atoms with E-state index in [0.717, 1.165) is 17.9 Å². The van der Waals surface area contributed by atoms with E-state index in [4.69, 9.17) is 17.3 Å². The van der Waals surface area contributed by atoms with Gasteiger partial charge in [-0.25, -0.2) is 0 Å². The minimum atomic E-state index is 0.459. The van der Waals surface area contributed by atoms with Crippen molar-refractivity contribution in [2.24, 2.45) is 11.7 Å². The van der Waals surface area contributed by atoms with Crippen LogP contribution in [0, 0.1) is 12.8 Å². The van der Waals surface area contributed by atoms with E-state index in [1.54, 1.807) is 0 Å². The Balaban J connectivity index is 2.02. The van der Waals surface area contributed by atoms with Crippen LogP contribution in [0.2, 0.25) is 5.02 Å². The maximum atomic E-state index is 6.02. The lowest BCUT2D eigenvalue weighted by molar-refractivity contribution is 0.533. The van der Waals surface area contributed by atoms with Crippen LogP contribution in [-0.2, 0) is 12.8 Å². The summed E-state index contributed by atoms with van der Waals surface area (Å²) in [6, 6.07) is 16.7. The molecular formula is C17H20ClN. The number of halogens is 1. The van der Waals surface area contributed by atoms with Gasteiger partial charge in [0.1, 0.15) is 0 Å². The van der Waals surface area contributed by atoms with E-state index in [1.165, 1.54) is 16.7 Å². The van der Waals surface area contributed by atoms with Gasteiger partial charge >= 0.3 is 0 Å². The van der Waals surface area contributed by atoms with Crippen molar-refractivity contribution in [3.63, 3.8) is 0 Å². The lowest BCUT2D eigenvalue weighted by Gasteiger charge is -2.15. The Morgan fingerprint density at radius 2 is 1.68 bits per heavy atom. The SMILES string of the molecule is Cc1ccc(CC(CN)Cc2cccc(Cl)c2)cc1. The topological polar surface area (TPSA) is 26.0 Å². The van der Waals surface area contributed by atoms with Gasteiger partial charge in [0.25, 0.3) is 0 Å². The zero-order valence-electron chi connectivity index (χ0n) is 11.3. The maximum absolute atomic E-state index is 6.02. The number of rotatable bonds is 5. The molecular weight excluding hydrogens is 254 g/mol. The van der Waals surface area contributed by atoms with E-state index in [0.29, 0.717) is 12.5 Å². The van der Waals surface area contributed by atoms with Crippen LogP contribution in [0.3, 0.4) is 0 Å². The Morgan fingerprint density at radius 3 is 2.32 bits per heavy atom. The Hall–Kier alpha value is -1.31. The summed E-state index contributed by atoms with van der Waals surface area (Å²) in [6.45, 7) is 2.80. The first-order chi connectivity index (χ1) is 9.17. The van der Waals surface area contributed by atoms with Gasteiger partial charge in [0.2, 0.25) is 0 Å². The highest BCUT2D eigenvalue weighted by atomic mass is 35.5. The van der Waals surface area contributed by atoms with Crippen LogP contribution in [-0.4, -0.2) is 6.54 Å². The lowest BCUT2D eigenvalue weighted by Crippen LogP contribution is -2.19. The monoisotopic (exact) mass is 273 g/mol. The molecule has 0 saturated heterocycles. The van der Waals surface area contributed by atoms with Crippen LogP contribution >= 0.6 is 11.6 Å². The first kappa shape index (κ1) is 14.1. The van der Waals surface area contributed by atoms with Gasteiger partial charge in [0.15, 0.2) is 0 Å². The third kappa shape index (κ3) is 4.38. The Morgan fingerprint density at radius 1 is 1.00 bits per heavy atom. The highest BCUT2D eigenvalue weighted by Crippen LogP contribution is 2.17. The van der Waals surface area contributed by atoms with Crippen LogP contribution in [0.15, 0.2) is 48.5 Å².